The van der Waals surface area contributed by atoms with Gasteiger partial charge in [0, 0.05) is 11.6 Å². The predicted octanol–water partition coefficient (Wildman–Crippen LogP) is 5.93. The van der Waals surface area contributed by atoms with Gasteiger partial charge >= 0.3 is 0 Å². The number of rotatable bonds is 8. The molecule has 0 bridgehead atoms. The number of amides is 1. The molecule has 1 N–H and O–H groups in total. The number of nitrogens with zero attached hydrogens (tertiary/aromatic N) is 1. The molecule has 174 valence electrons. The van der Waals surface area contributed by atoms with Gasteiger partial charge in [-0.1, -0.05) is 62.4 Å². The van der Waals surface area contributed by atoms with Gasteiger partial charge in [0.1, 0.15) is 11.5 Å². The summed E-state index contributed by atoms with van der Waals surface area (Å²) >= 11 is 0. The van der Waals surface area contributed by atoms with Gasteiger partial charge in [0.2, 0.25) is 0 Å². The minimum atomic E-state index is -0.606. The third-order valence-corrected chi connectivity index (χ3v) is 6.70. The number of ether oxygens (including phenoxy) is 1. The number of aliphatic hydroxyl groups is 1. The molecule has 1 unspecified atom stereocenters. The first-order chi connectivity index (χ1) is 16.0. The lowest BCUT2D eigenvalue weighted by Gasteiger charge is -2.31. The zero-order valence-electron chi connectivity index (χ0n) is 19.5. The standard InChI is InChI=1S/C28H33NO4/c1-3-4-7-17-33-23-15-13-20(14-16-23)26(30)24-25(21-10-8-9-19(2)18-21)29(28(32)27(24)31)22-11-5-6-12-22/h8-10,13-16,18,22,25,30H,3-7,11-12,17H2,1-2H3/b26-24-. The van der Waals surface area contributed by atoms with E-state index >= 15 is 0 Å². The molecule has 5 heteroatoms. The van der Waals surface area contributed by atoms with Gasteiger partial charge in [-0.05, 0) is 56.0 Å². The molecule has 0 aromatic heterocycles. The van der Waals surface area contributed by atoms with Crippen LogP contribution in [0, 0.1) is 6.92 Å². The number of aryl methyl sites for hydroxylation is 1. The summed E-state index contributed by atoms with van der Waals surface area (Å²) in [5, 5.41) is 11.2. The zero-order valence-corrected chi connectivity index (χ0v) is 19.5. The SMILES string of the molecule is CCCCCOc1ccc(/C(O)=C2/C(=O)C(=O)N(C3CCCC3)C2c2cccc(C)c2)cc1. The monoisotopic (exact) mass is 447 g/mol. The van der Waals surface area contributed by atoms with E-state index in [1.165, 1.54) is 0 Å². The number of carbonyl (C=O) groups excluding carboxylic acids is 2. The highest BCUT2D eigenvalue weighted by Crippen LogP contribution is 2.43. The molecular weight excluding hydrogens is 414 g/mol. The predicted molar refractivity (Wildman–Crippen MR) is 129 cm³/mol. The molecule has 1 aliphatic heterocycles. The van der Waals surface area contributed by atoms with Crippen LogP contribution in [0.15, 0.2) is 54.1 Å². The number of aliphatic hydroxyl groups excluding tert-OH is 1. The van der Waals surface area contributed by atoms with Gasteiger partial charge in [0.15, 0.2) is 0 Å². The lowest BCUT2D eigenvalue weighted by atomic mass is 9.94. The zero-order chi connectivity index (χ0) is 23.4. The van der Waals surface area contributed by atoms with Crippen LogP contribution in [0.25, 0.3) is 5.76 Å². The summed E-state index contributed by atoms with van der Waals surface area (Å²) in [6.07, 6.45) is 7.13. The van der Waals surface area contributed by atoms with Crippen LogP contribution < -0.4 is 4.74 Å². The van der Waals surface area contributed by atoms with E-state index in [0.29, 0.717) is 12.2 Å². The highest BCUT2D eigenvalue weighted by molar-refractivity contribution is 6.46. The van der Waals surface area contributed by atoms with Crippen molar-refractivity contribution >= 4 is 17.4 Å². The Labute approximate surface area is 196 Å². The Hall–Kier alpha value is -3.08. The van der Waals surface area contributed by atoms with E-state index in [2.05, 4.69) is 6.92 Å². The second-order valence-electron chi connectivity index (χ2n) is 9.14. The van der Waals surface area contributed by atoms with E-state index in [-0.39, 0.29) is 17.4 Å². The number of benzene rings is 2. The minimum absolute atomic E-state index is 0.0242. The molecule has 1 aliphatic carbocycles. The van der Waals surface area contributed by atoms with Crippen molar-refractivity contribution in [2.24, 2.45) is 0 Å². The van der Waals surface area contributed by atoms with Crippen LogP contribution in [0.5, 0.6) is 5.75 Å². The van der Waals surface area contributed by atoms with Crippen LogP contribution in [0.1, 0.15) is 74.6 Å². The van der Waals surface area contributed by atoms with Gasteiger partial charge in [0.05, 0.1) is 18.2 Å². The quantitative estimate of drug-likeness (QED) is 0.236. The van der Waals surface area contributed by atoms with Crippen LogP contribution in [-0.4, -0.2) is 34.3 Å². The second-order valence-corrected chi connectivity index (χ2v) is 9.14. The van der Waals surface area contributed by atoms with Crippen molar-refractivity contribution in [3.05, 3.63) is 70.8 Å². The van der Waals surface area contributed by atoms with Crippen molar-refractivity contribution in [3.8, 4) is 5.75 Å². The molecule has 2 aromatic carbocycles. The number of Topliss-reactive ketones (excluding diaryl/α,β-unsaturated/α-hetero) is 1. The van der Waals surface area contributed by atoms with Gasteiger partial charge in [-0.2, -0.15) is 0 Å². The first kappa shape index (κ1) is 23.1. The minimum Gasteiger partial charge on any atom is -0.507 e. The molecular formula is C28H33NO4. The summed E-state index contributed by atoms with van der Waals surface area (Å²) in [5.74, 6) is -0.515. The summed E-state index contributed by atoms with van der Waals surface area (Å²) in [5.41, 5.74) is 2.60. The highest BCUT2D eigenvalue weighted by atomic mass is 16.5. The molecule has 2 aliphatic rings. The number of hydrogen-bond acceptors (Lipinski definition) is 4. The maximum Gasteiger partial charge on any atom is 0.295 e. The molecule has 33 heavy (non-hydrogen) atoms. The Morgan fingerprint density at radius 1 is 1.06 bits per heavy atom. The number of ketones is 1. The second kappa shape index (κ2) is 10.2. The molecule has 5 nitrogen and oxygen atoms in total. The van der Waals surface area contributed by atoms with Gasteiger partial charge in [-0.25, -0.2) is 0 Å². The molecule has 1 heterocycles. The Kier molecular flexibility index (Phi) is 7.17. The number of carbonyl (C=O) groups is 2. The van der Waals surface area contributed by atoms with E-state index < -0.39 is 17.7 Å². The maximum absolute atomic E-state index is 13.2. The lowest BCUT2D eigenvalue weighted by molar-refractivity contribution is -0.141. The van der Waals surface area contributed by atoms with Gasteiger partial charge in [0.25, 0.3) is 11.7 Å². The van der Waals surface area contributed by atoms with E-state index in [0.717, 1.165) is 61.8 Å². The number of unbranched alkanes of at least 4 members (excludes halogenated alkanes) is 2. The fourth-order valence-electron chi connectivity index (χ4n) is 4.98. The smallest absolute Gasteiger partial charge is 0.295 e. The molecule has 2 aromatic rings. The first-order valence-corrected chi connectivity index (χ1v) is 12.1. The van der Waals surface area contributed by atoms with Gasteiger partial charge in [-0.15, -0.1) is 0 Å². The maximum atomic E-state index is 13.2. The summed E-state index contributed by atoms with van der Waals surface area (Å²) < 4.78 is 5.77. The molecule has 1 atom stereocenters. The average Bonchev–Trinajstić information content (AvgIpc) is 3.43. The van der Waals surface area contributed by atoms with Crippen LogP contribution in [0.3, 0.4) is 0 Å². The summed E-state index contributed by atoms with van der Waals surface area (Å²) in [4.78, 5) is 28.1. The van der Waals surface area contributed by atoms with E-state index in [9.17, 15) is 14.7 Å². The summed E-state index contributed by atoms with van der Waals surface area (Å²) in [6.45, 7) is 4.79. The van der Waals surface area contributed by atoms with Crippen LogP contribution in [-0.2, 0) is 9.59 Å². The molecule has 0 spiro atoms. The van der Waals surface area contributed by atoms with Crippen LogP contribution >= 0.6 is 0 Å². The van der Waals surface area contributed by atoms with Crippen molar-refractivity contribution in [2.75, 3.05) is 6.61 Å². The average molecular weight is 448 g/mol. The van der Waals surface area contributed by atoms with Crippen LogP contribution in [0.2, 0.25) is 0 Å². The molecule has 1 saturated heterocycles. The molecule has 2 fully saturated rings. The van der Waals surface area contributed by atoms with Crippen molar-refractivity contribution in [1.82, 2.24) is 4.90 Å². The molecule has 0 radical (unpaired) electrons. The summed E-state index contributed by atoms with van der Waals surface area (Å²) in [7, 11) is 0. The fourth-order valence-corrected chi connectivity index (χ4v) is 4.98. The van der Waals surface area contributed by atoms with E-state index in [4.69, 9.17) is 4.74 Å². The Balaban J connectivity index is 1.69. The summed E-state index contributed by atoms with van der Waals surface area (Å²) in [6, 6.07) is 14.4. The van der Waals surface area contributed by atoms with Crippen molar-refractivity contribution < 1.29 is 19.4 Å². The normalized spacial score (nSPS) is 20.5. The van der Waals surface area contributed by atoms with Crippen molar-refractivity contribution in [3.63, 3.8) is 0 Å². The van der Waals surface area contributed by atoms with Crippen molar-refractivity contribution in [1.29, 1.82) is 0 Å². The third-order valence-electron chi connectivity index (χ3n) is 6.70. The topological polar surface area (TPSA) is 66.8 Å². The molecule has 1 saturated carbocycles. The van der Waals surface area contributed by atoms with Gasteiger partial charge in [-0.3, -0.25) is 9.59 Å². The lowest BCUT2D eigenvalue weighted by Crippen LogP contribution is -2.37. The molecule has 1 amide bonds. The fraction of sp³-hybridized carbons (Fsp3) is 0.429. The van der Waals surface area contributed by atoms with Crippen molar-refractivity contribution in [2.45, 2.75) is 70.9 Å². The number of hydrogen-bond donors (Lipinski definition) is 1. The first-order valence-electron chi connectivity index (χ1n) is 12.1. The van der Waals surface area contributed by atoms with Gasteiger partial charge < -0.3 is 14.7 Å². The number of likely N-dealkylation sites (tertiary alicyclic amines) is 1. The largest absolute Gasteiger partial charge is 0.507 e. The Morgan fingerprint density at radius 2 is 1.79 bits per heavy atom. The van der Waals surface area contributed by atoms with E-state index in [1.807, 2.05) is 31.2 Å². The molecule has 4 rings (SSSR count). The highest BCUT2D eigenvalue weighted by Gasteiger charge is 2.49. The van der Waals surface area contributed by atoms with Crippen LogP contribution in [0.4, 0.5) is 0 Å². The Bertz CT molecular complexity index is 1030. The third kappa shape index (κ3) is 4.82. The van der Waals surface area contributed by atoms with E-state index in [1.54, 1.807) is 29.2 Å². The Morgan fingerprint density at radius 3 is 2.45 bits per heavy atom.